The summed E-state index contributed by atoms with van der Waals surface area (Å²) in [6.07, 6.45) is 3.65. The van der Waals surface area contributed by atoms with Crippen LogP contribution in [0.25, 0.3) is 11.6 Å². The molecule has 0 bridgehead atoms. The fourth-order valence-electron chi connectivity index (χ4n) is 4.53. The SMILES string of the molecule is C[C@H](c1c(Cl)ccc(F)c1Cl)N1CCCc2nnc(-c3nnc(C4CCNCC4)o3)cc21. The molecule has 0 radical (unpaired) electrons. The first-order chi connectivity index (χ1) is 15.5. The summed E-state index contributed by atoms with van der Waals surface area (Å²) in [7, 11) is 0. The van der Waals surface area contributed by atoms with Gasteiger partial charge in [-0.3, -0.25) is 0 Å². The Labute approximate surface area is 195 Å². The van der Waals surface area contributed by atoms with Gasteiger partial charge in [0.25, 0.3) is 5.89 Å². The highest BCUT2D eigenvalue weighted by molar-refractivity contribution is 6.36. The second-order valence-electron chi connectivity index (χ2n) is 8.26. The van der Waals surface area contributed by atoms with E-state index in [2.05, 4.69) is 30.6 Å². The van der Waals surface area contributed by atoms with Crippen LogP contribution in [-0.4, -0.2) is 40.0 Å². The lowest BCUT2D eigenvalue weighted by Crippen LogP contribution is -2.33. The standard InChI is InChI=1S/C22H23Cl2FN6O/c1-12(19-14(23)4-5-15(25)20(19)24)31-10-2-3-16-18(31)11-17(28-27-16)22-30-29-21(32-22)13-6-8-26-9-7-13/h4-5,11-13,26H,2-3,6-10H2,1H3/t12-/m1/s1. The zero-order chi connectivity index (χ0) is 22.2. The predicted molar refractivity (Wildman–Crippen MR) is 121 cm³/mol. The molecular weight excluding hydrogens is 454 g/mol. The van der Waals surface area contributed by atoms with E-state index in [4.69, 9.17) is 27.6 Å². The molecular formula is C22H23Cl2FN6O. The van der Waals surface area contributed by atoms with Crippen molar-refractivity contribution in [2.45, 2.75) is 44.6 Å². The van der Waals surface area contributed by atoms with Crippen molar-refractivity contribution in [1.29, 1.82) is 0 Å². The number of rotatable bonds is 4. The highest BCUT2D eigenvalue weighted by Crippen LogP contribution is 2.40. The molecule has 2 aliphatic heterocycles. The quantitative estimate of drug-likeness (QED) is 0.533. The minimum atomic E-state index is -0.486. The maximum Gasteiger partial charge on any atom is 0.268 e. The van der Waals surface area contributed by atoms with Crippen molar-refractivity contribution in [2.24, 2.45) is 0 Å². The van der Waals surface area contributed by atoms with Gasteiger partial charge in [-0.1, -0.05) is 23.2 Å². The van der Waals surface area contributed by atoms with Crippen molar-refractivity contribution < 1.29 is 8.81 Å². The highest BCUT2D eigenvalue weighted by atomic mass is 35.5. The maximum atomic E-state index is 14.2. The van der Waals surface area contributed by atoms with E-state index in [1.807, 2.05) is 13.0 Å². The van der Waals surface area contributed by atoms with Crippen LogP contribution in [0.1, 0.15) is 55.3 Å². The van der Waals surface area contributed by atoms with E-state index in [9.17, 15) is 4.39 Å². The Morgan fingerprint density at radius 1 is 1.16 bits per heavy atom. The molecule has 1 aromatic carbocycles. The third kappa shape index (κ3) is 3.95. The van der Waals surface area contributed by atoms with Crippen molar-refractivity contribution in [2.75, 3.05) is 24.5 Å². The molecule has 1 atom stereocenters. The normalized spacial score (nSPS) is 17.9. The molecule has 0 amide bonds. The van der Waals surface area contributed by atoms with Crippen molar-refractivity contribution >= 4 is 28.9 Å². The number of benzene rings is 1. The molecule has 0 unspecified atom stereocenters. The van der Waals surface area contributed by atoms with Crippen LogP contribution in [0.2, 0.25) is 10.0 Å². The molecule has 1 saturated heterocycles. The first kappa shape index (κ1) is 21.6. The molecule has 1 fully saturated rings. The zero-order valence-corrected chi connectivity index (χ0v) is 19.1. The predicted octanol–water partition coefficient (Wildman–Crippen LogP) is 4.95. The van der Waals surface area contributed by atoms with E-state index in [1.54, 1.807) is 0 Å². The number of aryl methyl sites for hydroxylation is 1. The number of fused-ring (bicyclic) bond motifs is 1. The summed E-state index contributed by atoms with van der Waals surface area (Å²) >= 11 is 12.7. The second kappa shape index (κ2) is 8.92. The molecule has 0 aliphatic carbocycles. The number of anilines is 1. The Bertz CT molecular complexity index is 1130. The number of aromatic nitrogens is 4. The third-order valence-corrected chi connectivity index (χ3v) is 7.00. The van der Waals surface area contributed by atoms with Crippen LogP contribution < -0.4 is 10.2 Å². The van der Waals surface area contributed by atoms with Gasteiger partial charge in [0.05, 0.1) is 22.4 Å². The average Bonchev–Trinajstić information content (AvgIpc) is 3.32. The van der Waals surface area contributed by atoms with Gasteiger partial charge < -0.3 is 14.6 Å². The summed E-state index contributed by atoms with van der Waals surface area (Å²) in [6, 6.07) is 4.48. The summed E-state index contributed by atoms with van der Waals surface area (Å²) in [4.78, 5) is 2.13. The summed E-state index contributed by atoms with van der Waals surface area (Å²) in [5, 5.41) is 21.1. The minimum absolute atomic E-state index is 0.0443. The average molecular weight is 477 g/mol. The van der Waals surface area contributed by atoms with Gasteiger partial charge in [-0.05, 0) is 63.9 Å². The zero-order valence-electron chi connectivity index (χ0n) is 17.6. The van der Waals surface area contributed by atoms with Crippen LogP contribution in [-0.2, 0) is 6.42 Å². The summed E-state index contributed by atoms with van der Waals surface area (Å²) < 4.78 is 20.1. The van der Waals surface area contributed by atoms with Crippen LogP contribution >= 0.6 is 23.2 Å². The molecule has 1 N–H and O–H groups in total. The van der Waals surface area contributed by atoms with Gasteiger partial charge in [-0.15, -0.1) is 15.3 Å². The fourth-order valence-corrected chi connectivity index (χ4v) is 5.22. The molecule has 5 rings (SSSR count). The number of nitrogens with zero attached hydrogens (tertiary/aromatic N) is 5. The van der Waals surface area contributed by atoms with Gasteiger partial charge >= 0.3 is 0 Å². The minimum Gasteiger partial charge on any atom is -0.419 e. The van der Waals surface area contributed by atoms with Gasteiger partial charge in [0.15, 0.2) is 5.69 Å². The Hall–Kier alpha value is -2.29. The van der Waals surface area contributed by atoms with Crippen molar-refractivity contribution in [1.82, 2.24) is 25.7 Å². The molecule has 2 aromatic heterocycles. The molecule has 0 spiro atoms. The lowest BCUT2D eigenvalue weighted by Gasteiger charge is -2.36. The molecule has 3 aromatic rings. The summed E-state index contributed by atoms with van der Waals surface area (Å²) in [5.41, 5.74) is 2.85. The van der Waals surface area contributed by atoms with E-state index in [0.717, 1.165) is 56.7 Å². The number of halogens is 3. The molecule has 2 aliphatic rings. The van der Waals surface area contributed by atoms with Gasteiger partial charge in [-0.2, -0.15) is 5.10 Å². The van der Waals surface area contributed by atoms with Crippen LogP contribution in [0.15, 0.2) is 22.6 Å². The number of piperidine rings is 1. The Morgan fingerprint density at radius 2 is 1.97 bits per heavy atom. The maximum absolute atomic E-state index is 14.2. The van der Waals surface area contributed by atoms with Crippen LogP contribution in [0.4, 0.5) is 10.1 Å². The van der Waals surface area contributed by atoms with Crippen LogP contribution in [0.5, 0.6) is 0 Å². The first-order valence-electron chi connectivity index (χ1n) is 10.8. The number of hydrogen-bond acceptors (Lipinski definition) is 7. The van der Waals surface area contributed by atoms with Crippen LogP contribution in [0.3, 0.4) is 0 Å². The molecule has 7 nitrogen and oxygen atoms in total. The largest absolute Gasteiger partial charge is 0.419 e. The van der Waals surface area contributed by atoms with Crippen molar-refractivity contribution in [3.8, 4) is 11.6 Å². The molecule has 4 heterocycles. The Morgan fingerprint density at radius 3 is 2.78 bits per heavy atom. The molecule has 168 valence electrons. The van der Waals surface area contributed by atoms with Crippen molar-refractivity contribution in [3.63, 3.8) is 0 Å². The summed E-state index contributed by atoms with van der Waals surface area (Å²) in [5.74, 6) is 0.773. The van der Waals surface area contributed by atoms with E-state index in [0.29, 0.717) is 28.1 Å². The Kier molecular flexibility index (Phi) is 6.01. The van der Waals surface area contributed by atoms with E-state index in [1.165, 1.54) is 12.1 Å². The monoisotopic (exact) mass is 476 g/mol. The van der Waals surface area contributed by atoms with Gasteiger partial charge in [0.2, 0.25) is 5.89 Å². The first-order valence-corrected chi connectivity index (χ1v) is 11.6. The van der Waals surface area contributed by atoms with E-state index >= 15 is 0 Å². The van der Waals surface area contributed by atoms with Crippen LogP contribution in [0, 0.1) is 5.82 Å². The van der Waals surface area contributed by atoms with E-state index in [-0.39, 0.29) is 17.0 Å². The number of hydrogen-bond donors (Lipinski definition) is 1. The topological polar surface area (TPSA) is 80.0 Å². The molecule has 0 saturated carbocycles. The number of nitrogens with one attached hydrogen (secondary N) is 1. The van der Waals surface area contributed by atoms with E-state index < -0.39 is 5.82 Å². The van der Waals surface area contributed by atoms with Crippen molar-refractivity contribution in [3.05, 3.63) is 51.2 Å². The summed E-state index contributed by atoms with van der Waals surface area (Å²) in [6.45, 7) is 4.61. The molecule has 32 heavy (non-hydrogen) atoms. The van der Waals surface area contributed by atoms with Gasteiger partial charge in [-0.25, -0.2) is 4.39 Å². The molecule has 10 heteroatoms. The third-order valence-electron chi connectivity index (χ3n) is 6.28. The second-order valence-corrected chi connectivity index (χ2v) is 9.05. The smallest absolute Gasteiger partial charge is 0.268 e. The lowest BCUT2D eigenvalue weighted by atomic mass is 9.98. The highest BCUT2D eigenvalue weighted by Gasteiger charge is 2.29. The fraction of sp³-hybridized carbons (Fsp3) is 0.455. The lowest BCUT2D eigenvalue weighted by molar-refractivity contribution is 0.378. The van der Waals surface area contributed by atoms with Gasteiger partial charge in [0, 0.05) is 23.0 Å². The Balaban J connectivity index is 1.48. The van der Waals surface area contributed by atoms with Gasteiger partial charge in [0.1, 0.15) is 5.82 Å².